The van der Waals surface area contributed by atoms with Crippen LogP contribution in [-0.4, -0.2) is 23.8 Å². The van der Waals surface area contributed by atoms with Crippen LogP contribution in [0.4, 0.5) is 0 Å². The van der Waals surface area contributed by atoms with Crippen LogP contribution in [0.1, 0.15) is 47.7 Å². The number of hydrogen-bond acceptors (Lipinski definition) is 3. The van der Waals surface area contributed by atoms with Crippen LogP contribution in [0.25, 0.3) is 5.70 Å². The number of nitrogens with zero attached hydrogens (tertiary/aromatic N) is 1. The summed E-state index contributed by atoms with van der Waals surface area (Å²) in [6.45, 7) is 10.0. The van der Waals surface area contributed by atoms with Crippen LogP contribution in [-0.2, 0) is 0 Å². The molecule has 0 atom stereocenters. The molecule has 1 heterocycles. The largest absolute Gasteiger partial charge is 0.372 e. The van der Waals surface area contributed by atoms with Crippen molar-refractivity contribution in [3.8, 4) is 0 Å². The molecule has 0 bridgehead atoms. The van der Waals surface area contributed by atoms with Crippen LogP contribution < -0.4 is 0 Å². The van der Waals surface area contributed by atoms with Gasteiger partial charge in [-0.15, -0.1) is 12.6 Å². The molecule has 0 aliphatic carbocycles. The summed E-state index contributed by atoms with van der Waals surface area (Å²) in [6.07, 6.45) is 3.84. The van der Waals surface area contributed by atoms with Crippen molar-refractivity contribution >= 4 is 24.1 Å². The molecule has 0 amide bonds. The van der Waals surface area contributed by atoms with E-state index in [1.54, 1.807) is 6.92 Å². The van der Waals surface area contributed by atoms with E-state index in [0.29, 0.717) is 0 Å². The Kier molecular flexibility index (Phi) is 7.32. The highest BCUT2D eigenvalue weighted by molar-refractivity contribution is 7.80. The standard InChI is InChI=1S/C15H19NO.C7H8S/c1-12(16-10-4-3-5-11-16)14-6-8-15(9-7-14)13(2)17;1-6-4-2-3-5-7(6)8/h6-9H,1,3-5,10-11H2,2H3;2-5,8H,1H3. The number of Topliss-reactive ketones (excluding diaryl/α,β-unsaturated/α-hetero) is 1. The van der Waals surface area contributed by atoms with E-state index >= 15 is 0 Å². The van der Waals surface area contributed by atoms with Crippen molar-refractivity contribution in [2.24, 2.45) is 0 Å². The molecule has 3 rings (SSSR count). The lowest BCUT2D eigenvalue weighted by Gasteiger charge is -2.30. The summed E-state index contributed by atoms with van der Waals surface area (Å²) in [6, 6.07) is 15.8. The molecule has 132 valence electrons. The van der Waals surface area contributed by atoms with Crippen molar-refractivity contribution in [3.63, 3.8) is 0 Å². The molecule has 0 spiro atoms. The van der Waals surface area contributed by atoms with Crippen LogP contribution in [0.2, 0.25) is 0 Å². The molecule has 1 aliphatic rings. The monoisotopic (exact) mass is 353 g/mol. The first kappa shape index (κ1) is 19.3. The molecule has 0 aromatic heterocycles. The minimum Gasteiger partial charge on any atom is -0.372 e. The minimum atomic E-state index is 0.111. The van der Waals surface area contributed by atoms with Gasteiger partial charge in [0.25, 0.3) is 0 Å². The third kappa shape index (κ3) is 5.79. The van der Waals surface area contributed by atoms with E-state index in [4.69, 9.17) is 0 Å². The Balaban J connectivity index is 0.000000236. The van der Waals surface area contributed by atoms with Gasteiger partial charge in [0.1, 0.15) is 0 Å². The van der Waals surface area contributed by atoms with Crippen molar-refractivity contribution in [2.75, 3.05) is 13.1 Å². The SMILES string of the molecule is C=C(c1ccc(C(C)=O)cc1)N1CCCCC1.Cc1ccccc1S. The average Bonchev–Trinajstić information content (AvgIpc) is 2.65. The van der Waals surface area contributed by atoms with Gasteiger partial charge < -0.3 is 4.90 Å². The lowest BCUT2D eigenvalue weighted by Crippen LogP contribution is -2.27. The van der Waals surface area contributed by atoms with Crippen molar-refractivity contribution in [2.45, 2.75) is 38.0 Å². The summed E-state index contributed by atoms with van der Waals surface area (Å²) in [5, 5.41) is 0. The molecular formula is C22H27NOS. The zero-order valence-corrected chi connectivity index (χ0v) is 16.1. The number of carbonyl (C=O) groups excluding carboxylic acids is 1. The number of hydrogen-bond donors (Lipinski definition) is 1. The first-order valence-corrected chi connectivity index (χ1v) is 9.23. The maximum absolute atomic E-state index is 11.2. The second-order valence-corrected chi connectivity index (χ2v) is 6.90. The predicted molar refractivity (Wildman–Crippen MR) is 109 cm³/mol. The lowest BCUT2D eigenvalue weighted by molar-refractivity contribution is 0.101. The Hall–Kier alpha value is -2.00. The zero-order chi connectivity index (χ0) is 18.2. The van der Waals surface area contributed by atoms with E-state index < -0.39 is 0 Å². The average molecular weight is 354 g/mol. The Morgan fingerprint density at radius 1 is 0.960 bits per heavy atom. The number of piperidine rings is 1. The molecule has 1 aliphatic heterocycles. The number of aryl methyl sites for hydroxylation is 1. The summed E-state index contributed by atoms with van der Waals surface area (Å²) in [5.41, 5.74) is 4.20. The third-order valence-electron chi connectivity index (χ3n) is 4.48. The Bertz CT molecular complexity index is 694. The van der Waals surface area contributed by atoms with Gasteiger partial charge in [-0.3, -0.25) is 4.79 Å². The number of carbonyl (C=O) groups is 1. The van der Waals surface area contributed by atoms with Crippen LogP contribution in [0.3, 0.4) is 0 Å². The molecule has 2 aromatic rings. The van der Waals surface area contributed by atoms with Crippen molar-refractivity contribution in [1.29, 1.82) is 0 Å². The molecule has 2 aromatic carbocycles. The maximum atomic E-state index is 11.2. The van der Waals surface area contributed by atoms with Crippen LogP contribution in [0.5, 0.6) is 0 Å². The number of likely N-dealkylation sites (tertiary alicyclic amines) is 1. The quantitative estimate of drug-likeness (QED) is 0.570. The van der Waals surface area contributed by atoms with Crippen molar-refractivity contribution < 1.29 is 4.79 Å². The number of thiol groups is 1. The number of rotatable bonds is 3. The van der Waals surface area contributed by atoms with Gasteiger partial charge in [0.2, 0.25) is 0 Å². The molecule has 2 nitrogen and oxygen atoms in total. The van der Waals surface area contributed by atoms with Gasteiger partial charge in [-0.1, -0.05) is 49.0 Å². The van der Waals surface area contributed by atoms with E-state index in [1.807, 2.05) is 55.5 Å². The smallest absolute Gasteiger partial charge is 0.159 e. The van der Waals surface area contributed by atoms with Crippen LogP contribution in [0.15, 0.2) is 60.0 Å². The Morgan fingerprint density at radius 3 is 2.00 bits per heavy atom. The predicted octanol–water partition coefficient (Wildman–Crippen LogP) is 5.63. The second-order valence-electron chi connectivity index (χ2n) is 6.41. The van der Waals surface area contributed by atoms with Gasteiger partial charge in [-0.05, 0) is 50.3 Å². The Morgan fingerprint density at radius 2 is 1.52 bits per heavy atom. The van der Waals surface area contributed by atoms with Gasteiger partial charge in [0, 0.05) is 29.2 Å². The van der Waals surface area contributed by atoms with Gasteiger partial charge in [-0.2, -0.15) is 0 Å². The molecule has 0 radical (unpaired) electrons. The van der Waals surface area contributed by atoms with E-state index in [-0.39, 0.29) is 5.78 Å². The third-order valence-corrected chi connectivity index (χ3v) is 4.98. The van der Waals surface area contributed by atoms with Gasteiger partial charge >= 0.3 is 0 Å². The number of benzene rings is 2. The highest BCUT2D eigenvalue weighted by Gasteiger charge is 2.13. The molecular weight excluding hydrogens is 326 g/mol. The first-order chi connectivity index (χ1) is 12.0. The molecule has 0 unspecified atom stereocenters. The summed E-state index contributed by atoms with van der Waals surface area (Å²) < 4.78 is 0. The van der Waals surface area contributed by atoms with Gasteiger partial charge in [-0.25, -0.2) is 0 Å². The van der Waals surface area contributed by atoms with E-state index in [1.165, 1.54) is 24.8 Å². The summed E-state index contributed by atoms with van der Waals surface area (Å²) in [4.78, 5) is 14.6. The van der Waals surface area contributed by atoms with Crippen molar-refractivity contribution in [1.82, 2.24) is 4.90 Å². The summed E-state index contributed by atoms with van der Waals surface area (Å²) in [7, 11) is 0. The normalized spacial score (nSPS) is 13.6. The Labute approximate surface area is 157 Å². The van der Waals surface area contributed by atoms with E-state index in [2.05, 4.69) is 24.1 Å². The highest BCUT2D eigenvalue weighted by atomic mass is 32.1. The summed E-state index contributed by atoms with van der Waals surface area (Å²) in [5.74, 6) is 0.111. The topological polar surface area (TPSA) is 20.3 Å². The van der Waals surface area contributed by atoms with E-state index in [0.717, 1.165) is 34.8 Å². The second kappa shape index (κ2) is 9.47. The van der Waals surface area contributed by atoms with Crippen molar-refractivity contribution in [3.05, 3.63) is 71.8 Å². The van der Waals surface area contributed by atoms with Crippen LogP contribution >= 0.6 is 12.6 Å². The fourth-order valence-electron chi connectivity index (χ4n) is 2.81. The molecule has 1 fully saturated rings. The fourth-order valence-corrected chi connectivity index (χ4v) is 2.97. The fraction of sp³-hybridized carbons (Fsp3) is 0.318. The van der Waals surface area contributed by atoms with Gasteiger partial charge in [0.05, 0.1) is 0 Å². The number of ketones is 1. The summed E-state index contributed by atoms with van der Waals surface area (Å²) >= 11 is 4.20. The maximum Gasteiger partial charge on any atom is 0.159 e. The lowest BCUT2D eigenvalue weighted by atomic mass is 10.0. The van der Waals surface area contributed by atoms with Gasteiger partial charge in [0.15, 0.2) is 5.78 Å². The molecule has 3 heteroatoms. The van der Waals surface area contributed by atoms with Crippen LogP contribution in [0, 0.1) is 6.92 Å². The van der Waals surface area contributed by atoms with E-state index in [9.17, 15) is 4.79 Å². The zero-order valence-electron chi connectivity index (χ0n) is 15.2. The highest BCUT2D eigenvalue weighted by Crippen LogP contribution is 2.22. The minimum absolute atomic E-state index is 0.111. The molecule has 1 saturated heterocycles. The molecule has 0 saturated carbocycles. The molecule has 25 heavy (non-hydrogen) atoms. The first-order valence-electron chi connectivity index (χ1n) is 8.79. The molecule has 0 N–H and O–H groups in total.